The van der Waals surface area contributed by atoms with Crippen LogP contribution in [0, 0.1) is 5.82 Å². The van der Waals surface area contributed by atoms with Gasteiger partial charge in [-0.05, 0) is 53.4 Å². The summed E-state index contributed by atoms with van der Waals surface area (Å²) in [5.41, 5.74) is 0.820. The highest BCUT2D eigenvalue weighted by molar-refractivity contribution is 9.10. The number of rotatable bonds is 6. The zero-order valence-corrected chi connectivity index (χ0v) is 15.5. The summed E-state index contributed by atoms with van der Waals surface area (Å²) in [5.74, 6) is 0.0667. The summed E-state index contributed by atoms with van der Waals surface area (Å²) in [6.45, 7) is -0.0926. The van der Waals surface area contributed by atoms with Crippen molar-refractivity contribution in [2.45, 2.75) is 6.04 Å². The monoisotopic (exact) mass is 419 g/mol. The summed E-state index contributed by atoms with van der Waals surface area (Å²) in [6, 6.07) is 16.9. The minimum atomic E-state index is -0.332. The van der Waals surface area contributed by atoms with E-state index in [1.807, 2.05) is 29.6 Å². The highest BCUT2D eigenvalue weighted by Gasteiger charge is 2.18. The van der Waals surface area contributed by atoms with Crippen molar-refractivity contribution >= 4 is 33.2 Å². The van der Waals surface area contributed by atoms with E-state index in [0.717, 1.165) is 14.9 Å². The fourth-order valence-electron chi connectivity index (χ4n) is 2.31. The van der Waals surface area contributed by atoms with Crippen LogP contribution >= 0.6 is 27.3 Å². The first-order valence-corrected chi connectivity index (χ1v) is 9.26. The van der Waals surface area contributed by atoms with Crippen LogP contribution < -0.4 is 10.1 Å². The molecule has 0 aliphatic heterocycles. The molecule has 0 aliphatic carbocycles. The highest BCUT2D eigenvalue weighted by Crippen LogP contribution is 2.26. The third-order valence-corrected chi connectivity index (χ3v) is 4.99. The first kappa shape index (κ1) is 17.6. The maximum atomic E-state index is 13.2. The highest BCUT2D eigenvalue weighted by atomic mass is 79.9. The molecule has 1 unspecified atom stereocenters. The standard InChI is InChI=1S/C19H15BrFNO2S/c20-14-5-9-16(10-6-14)24-12-18(23)22-19(17-2-1-11-25-17)13-3-7-15(21)8-4-13/h1-11,19H,12H2,(H,22,23). The van der Waals surface area contributed by atoms with Gasteiger partial charge in [-0.3, -0.25) is 4.79 Å². The summed E-state index contributed by atoms with van der Waals surface area (Å²) in [6.07, 6.45) is 0. The Balaban J connectivity index is 1.68. The van der Waals surface area contributed by atoms with Gasteiger partial charge in [0.15, 0.2) is 6.61 Å². The van der Waals surface area contributed by atoms with E-state index in [0.29, 0.717) is 5.75 Å². The Labute approximate surface area is 157 Å². The Kier molecular flexibility index (Phi) is 5.83. The van der Waals surface area contributed by atoms with Gasteiger partial charge in [0.2, 0.25) is 0 Å². The summed E-state index contributed by atoms with van der Waals surface area (Å²) in [5, 5.41) is 4.89. The molecule has 0 radical (unpaired) electrons. The van der Waals surface area contributed by atoms with E-state index in [-0.39, 0.29) is 24.4 Å². The second kappa shape index (κ2) is 8.27. The number of carbonyl (C=O) groups is 1. The third kappa shape index (κ3) is 4.90. The predicted molar refractivity (Wildman–Crippen MR) is 100 cm³/mol. The SMILES string of the molecule is O=C(COc1ccc(Br)cc1)NC(c1ccc(F)cc1)c1cccs1. The van der Waals surface area contributed by atoms with E-state index >= 15 is 0 Å². The van der Waals surface area contributed by atoms with E-state index in [9.17, 15) is 9.18 Å². The molecule has 3 rings (SSSR count). The zero-order valence-electron chi connectivity index (χ0n) is 13.1. The molecule has 0 aliphatic rings. The zero-order chi connectivity index (χ0) is 17.6. The van der Waals surface area contributed by atoms with Crippen LogP contribution in [0.1, 0.15) is 16.5 Å². The van der Waals surface area contributed by atoms with Crippen molar-refractivity contribution in [2.75, 3.05) is 6.61 Å². The molecule has 0 bridgehead atoms. The number of ether oxygens (including phenoxy) is 1. The van der Waals surface area contributed by atoms with E-state index in [4.69, 9.17) is 4.74 Å². The van der Waals surface area contributed by atoms with Crippen LogP contribution in [0.4, 0.5) is 4.39 Å². The molecule has 1 aromatic heterocycles. The van der Waals surface area contributed by atoms with Gasteiger partial charge in [0, 0.05) is 9.35 Å². The molecule has 0 spiro atoms. The second-order valence-electron chi connectivity index (χ2n) is 5.31. The summed E-state index contributed by atoms with van der Waals surface area (Å²) in [7, 11) is 0. The quantitative estimate of drug-likeness (QED) is 0.614. The summed E-state index contributed by atoms with van der Waals surface area (Å²) in [4.78, 5) is 13.3. The maximum absolute atomic E-state index is 13.2. The van der Waals surface area contributed by atoms with Gasteiger partial charge in [0.05, 0.1) is 6.04 Å². The lowest BCUT2D eigenvalue weighted by atomic mass is 10.1. The molecular formula is C19H15BrFNO2S. The van der Waals surface area contributed by atoms with Gasteiger partial charge < -0.3 is 10.1 Å². The van der Waals surface area contributed by atoms with Crippen LogP contribution in [0.5, 0.6) is 5.75 Å². The van der Waals surface area contributed by atoms with Crippen molar-refractivity contribution in [3.8, 4) is 5.75 Å². The van der Waals surface area contributed by atoms with Crippen LogP contribution in [-0.2, 0) is 4.79 Å². The van der Waals surface area contributed by atoms with E-state index in [1.165, 1.54) is 23.5 Å². The van der Waals surface area contributed by atoms with Crippen molar-refractivity contribution in [1.82, 2.24) is 5.32 Å². The fourth-order valence-corrected chi connectivity index (χ4v) is 3.38. The van der Waals surface area contributed by atoms with Crippen LogP contribution in [-0.4, -0.2) is 12.5 Å². The molecule has 6 heteroatoms. The van der Waals surface area contributed by atoms with Gasteiger partial charge in [-0.2, -0.15) is 0 Å². The van der Waals surface area contributed by atoms with Crippen LogP contribution in [0.3, 0.4) is 0 Å². The number of hydrogen-bond donors (Lipinski definition) is 1. The Morgan fingerprint density at radius 3 is 2.48 bits per heavy atom. The molecule has 0 fully saturated rings. The van der Waals surface area contributed by atoms with Crippen LogP contribution in [0.2, 0.25) is 0 Å². The molecule has 1 amide bonds. The number of carbonyl (C=O) groups excluding carboxylic acids is 1. The Hall–Kier alpha value is -2.18. The Bertz CT molecular complexity index is 820. The maximum Gasteiger partial charge on any atom is 0.258 e. The first-order chi connectivity index (χ1) is 12.1. The van der Waals surface area contributed by atoms with Crippen LogP contribution in [0.15, 0.2) is 70.5 Å². The van der Waals surface area contributed by atoms with Gasteiger partial charge in [-0.25, -0.2) is 4.39 Å². The molecule has 1 heterocycles. The van der Waals surface area contributed by atoms with Gasteiger partial charge in [0.1, 0.15) is 11.6 Å². The molecule has 3 nitrogen and oxygen atoms in total. The first-order valence-electron chi connectivity index (χ1n) is 7.58. The molecule has 128 valence electrons. The molecule has 0 saturated carbocycles. The summed E-state index contributed by atoms with van der Waals surface area (Å²) >= 11 is 4.88. The molecule has 1 atom stereocenters. The third-order valence-electron chi connectivity index (χ3n) is 3.52. The number of thiophene rings is 1. The van der Waals surface area contributed by atoms with E-state index < -0.39 is 0 Å². The van der Waals surface area contributed by atoms with Gasteiger partial charge in [-0.15, -0.1) is 11.3 Å². The van der Waals surface area contributed by atoms with Crippen molar-refractivity contribution < 1.29 is 13.9 Å². The molecule has 1 N–H and O–H groups in total. The molecule has 25 heavy (non-hydrogen) atoms. The average molecular weight is 420 g/mol. The smallest absolute Gasteiger partial charge is 0.258 e. The lowest BCUT2D eigenvalue weighted by Crippen LogP contribution is -2.32. The number of amides is 1. The fraction of sp³-hybridized carbons (Fsp3) is 0.105. The number of benzene rings is 2. The molecule has 2 aromatic carbocycles. The van der Waals surface area contributed by atoms with Crippen molar-refractivity contribution in [1.29, 1.82) is 0 Å². The van der Waals surface area contributed by atoms with Crippen LogP contribution in [0.25, 0.3) is 0 Å². The second-order valence-corrected chi connectivity index (χ2v) is 7.21. The van der Waals surface area contributed by atoms with Gasteiger partial charge in [-0.1, -0.05) is 34.1 Å². The van der Waals surface area contributed by atoms with Gasteiger partial charge in [0.25, 0.3) is 5.91 Å². The lowest BCUT2D eigenvalue weighted by molar-refractivity contribution is -0.123. The predicted octanol–water partition coefficient (Wildman–Crippen LogP) is 4.93. The lowest BCUT2D eigenvalue weighted by Gasteiger charge is -2.18. The van der Waals surface area contributed by atoms with Crippen molar-refractivity contribution in [3.05, 3.63) is 86.8 Å². The number of hydrogen-bond acceptors (Lipinski definition) is 3. The Morgan fingerprint density at radius 1 is 1.12 bits per heavy atom. The number of nitrogens with one attached hydrogen (secondary N) is 1. The minimum Gasteiger partial charge on any atom is -0.484 e. The van der Waals surface area contributed by atoms with Crippen molar-refractivity contribution in [3.63, 3.8) is 0 Å². The van der Waals surface area contributed by atoms with Gasteiger partial charge >= 0.3 is 0 Å². The summed E-state index contributed by atoms with van der Waals surface area (Å²) < 4.78 is 19.6. The normalized spacial score (nSPS) is 11.8. The van der Waals surface area contributed by atoms with Crippen molar-refractivity contribution in [2.24, 2.45) is 0 Å². The number of halogens is 2. The largest absolute Gasteiger partial charge is 0.484 e. The average Bonchev–Trinajstić information content (AvgIpc) is 3.14. The Morgan fingerprint density at radius 2 is 1.84 bits per heavy atom. The molecule has 3 aromatic rings. The minimum absolute atomic E-state index is 0.0926. The topological polar surface area (TPSA) is 38.3 Å². The van der Waals surface area contributed by atoms with E-state index in [1.54, 1.807) is 24.3 Å². The molecule has 0 saturated heterocycles. The molecular weight excluding hydrogens is 405 g/mol. The van der Waals surface area contributed by atoms with E-state index in [2.05, 4.69) is 21.2 Å².